The highest BCUT2D eigenvalue weighted by Gasteiger charge is 2.06. The molecule has 6 heteroatoms. The van der Waals surface area contributed by atoms with Gasteiger partial charge in [-0.1, -0.05) is 41.4 Å². The Bertz CT molecular complexity index is 808. The fourth-order valence-corrected chi connectivity index (χ4v) is 2.34. The van der Waals surface area contributed by atoms with Crippen molar-refractivity contribution in [2.24, 2.45) is 5.10 Å². The Morgan fingerprint density at radius 1 is 1.15 bits per heavy atom. The summed E-state index contributed by atoms with van der Waals surface area (Å²) in [5.74, 6) is 0.326. The van der Waals surface area contributed by atoms with Gasteiger partial charge >= 0.3 is 0 Å². The molecular formula is C14H10Cl2N4. The van der Waals surface area contributed by atoms with Crippen molar-refractivity contribution in [3.05, 3.63) is 58.1 Å². The molecule has 100 valence electrons. The molecular weight excluding hydrogens is 295 g/mol. The molecule has 0 spiro atoms. The van der Waals surface area contributed by atoms with Gasteiger partial charge in [-0.25, -0.2) is 4.98 Å². The summed E-state index contributed by atoms with van der Waals surface area (Å²) in [5.41, 5.74) is 8.26. The second-order valence-corrected chi connectivity index (χ2v) is 5.02. The maximum Gasteiger partial charge on any atom is 0.222 e. The number of imidazole rings is 1. The van der Waals surface area contributed by atoms with Crippen LogP contribution >= 0.6 is 23.2 Å². The van der Waals surface area contributed by atoms with E-state index in [1.165, 1.54) is 0 Å². The molecule has 0 fully saturated rings. The van der Waals surface area contributed by atoms with Crippen molar-refractivity contribution in [3.63, 3.8) is 0 Å². The van der Waals surface area contributed by atoms with Crippen molar-refractivity contribution in [1.82, 2.24) is 9.66 Å². The highest BCUT2D eigenvalue weighted by molar-refractivity contribution is 6.36. The van der Waals surface area contributed by atoms with Gasteiger partial charge in [0.15, 0.2) is 0 Å². The van der Waals surface area contributed by atoms with Crippen molar-refractivity contribution < 1.29 is 0 Å². The third kappa shape index (κ3) is 2.35. The average Bonchev–Trinajstić information content (AvgIpc) is 2.74. The van der Waals surface area contributed by atoms with Crippen LogP contribution in [0.1, 0.15) is 5.56 Å². The zero-order valence-corrected chi connectivity index (χ0v) is 11.8. The number of anilines is 1. The van der Waals surface area contributed by atoms with Crippen LogP contribution in [0.15, 0.2) is 47.6 Å². The van der Waals surface area contributed by atoms with Gasteiger partial charge in [-0.3, -0.25) is 0 Å². The molecule has 1 heterocycles. The molecule has 20 heavy (non-hydrogen) atoms. The van der Waals surface area contributed by atoms with Crippen LogP contribution in [-0.2, 0) is 0 Å². The number of nitrogen functional groups attached to an aromatic ring is 1. The van der Waals surface area contributed by atoms with Crippen LogP contribution in [0, 0.1) is 0 Å². The lowest BCUT2D eigenvalue weighted by Crippen LogP contribution is -1.98. The monoisotopic (exact) mass is 304 g/mol. The van der Waals surface area contributed by atoms with Crippen molar-refractivity contribution in [2.45, 2.75) is 0 Å². The van der Waals surface area contributed by atoms with Crippen molar-refractivity contribution in [1.29, 1.82) is 0 Å². The Labute approximate surface area is 125 Å². The largest absolute Gasteiger partial charge is 0.368 e. The number of rotatable bonds is 2. The first-order chi connectivity index (χ1) is 9.65. The van der Waals surface area contributed by atoms with Gasteiger partial charge in [-0.15, -0.1) is 0 Å². The van der Waals surface area contributed by atoms with Gasteiger partial charge in [0, 0.05) is 10.6 Å². The number of hydrogen-bond acceptors (Lipinski definition) is 3. The fraction of sp³-hybridized carbons (Fsp3) is 0. The highest BCUT2D eigenvalue weighted by atomic mass is 35.5. The van der Waals surface area contributed by atoms with Crippen LogP contribution in [0.4, 0.5) is 5.95 Å². The summed E-state index contributed by atoms with van der Waals surface area (Å²) in [6.45, 7) is 0. The molecule has 0 saturated heterocycles. The van der Waals surface area contributed by atoms with E-state index in [4.69, 9.17) is 28.9 Å². The van der Waals surface area contributed by atoms with Gasteiger partial charge < -0.3 is 5.73 Å². The predicted octanol–water partition coefficient (Wildman–Crippen LogP) is 3.81. The smallest absolute Gasteiger partial charge is 0.222 e. The van der Waals surface area contributed by atoms with Crippen molar-refractivity contribution >= 4 is 46.4 Å². The van der Waals surface area contributed by atoms with Crippen LogP contribution in [0.2, 0.25) is 10.0 Å². The number of aromatic nitrogens is 2. The Morgan fingerprint density at radius 2 is 1.95 bits per heavy atom. The highest BCUT2D eigenvalue weighted by Crippen LogP contribution is 2.20. The van der Waals surface area contributed by atoms with Crippen LogP contribution in [0.25, 0.3) is 11.0 Å². The summed E-state index contributed by atoms with van der Waals surface area (Å²) >= 11 is 12.0. The molecule has 0 atom stereocenters. The second-order valence-electron chi connectivity index (χ2n) is 4.18. The lowest BCUT2D eigenvalue weighted by Gasteiger charge is -2.00. The van der Waals surface area contributed by atoms with Crippen LogP contribution in [0.3, 0.4) is 0 Å². The number of fused-ring (bicyclic) bond motifs is 1. The minimum absolute atomic E-state index is 0.326. The van der Waals surface area contributed by atoms with E-state index in [9.17, 15) is 0 Å². The first kappa shape index (κ1) is 13.0. The summed E-state index contributed by atoms with van der Waals surface area (Å²) in [4.78, 5) is 4.23. The molecule has 1 aromatic heterocycles. The number of halogens is 2. The average molecular weight is 305 g/mol. The lowest BCUT2D eigenvalue weighted by atomic mass is 10.2. The standard InChI is InChI=1S/C14H10Cl2N4/c15-10-6-5-9(11(16)7-10)8-18-20-13-4-2-1-3-12(13)19-14(20)17/h1-8H,(H2,17,19). The molecule has 4 nitrogen and oxygen atoms in total. The topological polar surface area (TPSA) is 56.2 Å². The number of nitrogens with zero attached hydrogens (tertiary/aromatic N) is 3. The normalized spacial score (nSPS) is 11.5. The number of benzene rings is 2. The zero-order chi connectivity index (χ0) is 14.1. The van der Waals surface area contributed by atoms with Gasteiger partial charge in [-0.2, -0.15) is 9.78 Å². The van der Waals surface area contributed by atoms with E-state index >= 15 is 0 Å². The van der Waals surface area contributed by atoms with Gasteiger partial charge in [-0.05, 0) is 24.3 Å². The van der Waals surface area contributed by atoms with Crippen LogP contribution < -0.4 is 5.73 Å². The van der Waals surface area contributed by atoms with Gasteiger partial charge in [0.2, 0.25) is 5.95 Å². The molecule has 0 bridgehead atoms. The van der Waals surface area contributed by atoms with E-state index in [1.807, 2.05) is 24.3 Å². The SMILES string of the molecule is Nc1nc2ccccc2n1N=Cc1ccc(Cl)cc1Cl. The molecule has 3 rings (SSSR count). The Kier molecular flexibility index (Phi) is 3.34. The first-order valence-corrected chi connectivity index (χ1v) is 6.63. The molecule has 2 aromatic carbocycles. The minimum atomic E-state index is 0.326. The zero-order valence-electron chi connectivity index (χ0n) is 10.3. The quantitative estimate of drug-likeness (QED) is 0.732. The maximum absolute atomic E-state index is 6.10. The second kappa shape index (κ2) is 5.15. The molecule has 2 N–H and O–H groups in total. The van der Waals surface area contributed by atoms with E-state index in [1.54, 1.807) is 29.1 Å². The molecule has 0 aliphatic heterocycles. The first-order valence-electron chi connectivity index (χ1n) is 5.87. The Balaban J connectivity index is 2.04. The summed E-state index contributed by atoms with van der Waals surface area (Å²) in [5, 5.41) is 5.45. The number of para-hydroxylation sites is 2. The molecule has 3 aromatic rings. The molecule has 0 radical (unpaired) electrons. The molecule has 0 aliphatic rings. The lowest BCUT2D eigenvalue weighted by molar-refractivity contribution is 0.931. The van der Waals surface area contributed by atoms with Gasteiger partial charge in [0.05, 0.1) is 22.3 Å². The molecule has 0 saturated carbocycles. The van der Waals surface area contributed by atoms with Gasteiger partial charge in [0.1, 0.15) is 0 Å². The van der Waals surface area contributed by atoms with Crippen LogP contribution in [0.5, 0.6) is 0 Å². The van der Waals surface area contributed by atoms with Gasteiger partial charge in [0.25, 0.3) is 0 Å². The summed E-state index contributed by atoms with van der Waals surface area (Å²) in [6, 6.07) is 12.8. The Hall–Kier alpha value is -2.04. The summed E-state index contributed by atoms with van der Waals surface area (Å²) < 4.78 is 1.57. The minimum Gasteiger partial charge on any atom is -0.368 e. The fourth-order valence-electron chi connectivity index (χ4n) is 1.88. The van der Waals surface area contributed by atoms with E-state index < -0.39 is 0 Å². The Morgan fingerprint density at radius 3 is 2.75 bits per heavy atom. The van der Waals surface area contributed by atoms with E-state index in [0.29, 0.717) is 16.0 Å². The van der Waals surface area contributed by atoms with Crippen molar-refractivity contribution in [3.8, 4) is 0 Å². The molecule has 0 amide bonds. The number of nitrogens with two attached hydrogens (primary N) is 1. The maximum atomic E-state index is 6.10. The summed E-state index contributed by atoms with van der Waals surface area (Å²) in [6.07, 6.45) is 1.63. The molecule has 0 aliphatic carbocycles. The third-order valence-corrected chi connectivity index (χ3v) is 3.40. The van der Waals surface area contributed by atoms with Crippen LogP contribution in [-0.4, -0.2) is 15.9 Å². The van der Waals surface area contributed by atoms with E-state index in [0.717, 1.165) is 16.6 Å². The van der Waals surface area contributed by atoms with E-state index in [-0.39, 0.29) is 0 Å². The molecule has 0 unspecified atom stereocenters. The van der Waals surface area contributed by atoms with Crippen molar-refractivity contribution in [2.75, 3.05) is 5.73 Å². The third-order valence-electron chi connectivity index (χ3n) is 2.84. The summed E-state index contributed by atoms with van der Waals surface area (Å²) in [7, 11) is 0. The van der Waals surface area contributed by atoms with E-state index in [2.05, 4.69) is 10.1 Å². The number of hydrogen-bond donors (Lipinski definition) is 1. The predicted molar refractivity (Wildman–Crippen MR) is 83.6 cm³/mol.